The molecule has 0 spiro atoms. The lowest BCUT2D eigenvalue weighted by Gasteiger charge is -2.33. The Bertz CT molecular complexity index is 467. The van der Waals surface area contributed by atoms with Crippen molar-refractivity contribution in [1.82, 2.24) is 0 Å². The fraction of sp³-hybridized carbons (Fsp3) is 0.538. The van der Waals surface area contributed by atoms with Gasteiger partial charge in [-0.2, -0.15) is 11.8 Å². The minimum absolute atomic E-state index is 0.146. The van der Waals surface area contributed by atoms with Crippen LogP contribution >= 0.6 is 11.8 Å². The highest BCUT2D eigenvalue weighted by molar-refractivity contribution is 8.00. The van der Waals surface area contributed by atoms with Crippen LogP contribution in [0.15, 0.2) is 18.2 Å². The standard InChI is InChI=1S/C13H19N3O2S/c1-3-13-9-15(4-5-19-13)11-6-10(14-2)7-12(8-11)16(17)18/h6-8,13-14H,3-5,9H2,1-2H3. The van der Waals surface area contributed by atoms with Crippen molar-refractivity contribution >= 4 is 28.8 Å². The molecule has 6 heteroatoms. The van der Waals surface area contributed by atoms with Crippen molar-refractivity contribution in [2.75, 3.05) is 36.1 Å². The molecule has 1 N–H and O–H groups in total. The maximum Gasteiger partial charge on any atom is 0.273 e. The Morgan fingerprint density at radius 3 is 2.95 bits per heavy atom. The monoisotopic (exact) mass is 281 g/mol. The van der Waals surface area contributed by atoms with Gasteiger partial charge in [0, 0.05) is 54.6 Å². The molecule has 0 aromatic heterocycles. The summed E-state index contributed by atoms with van der Waals surface area (Å²) < 4.78 is 0. The molecule has 0 amide bonds. The number of nitro groups is 1. The number of hydrogen-bond donors (Lipinski definition) is 1. The summed E-state index contributed by atoms with van der Waals surface area (Å²) in [5.74, 6) is 1.08. The van der Waals surface area contributed by atoms with Crippen molar-refractivity contribution in [3.63, 3.8) is 0 Å². The third kappa shape index (κ3) is 3.32. The fourth-order valence-corrected chi connectivity index (χ4v) is 3.41. The van der Waals surface area contributed by atoms with Gasteiger partial charge < -0.3 is 10.2 Å². The predicted molar refractivity (Wildman–Crippen MR) is 81.4 cm³/mol. The quantitative estimate of drug-likeness (QED) is 0.679. The van der Waals surface area contributed by atoms with Crippen LogP contribution in [0.25, 0.3) is 0 Å². The summed E-state index contributed by atoms with van der Waals surface area (Å²) in [6.45, 7) is 4.10. The summed E-state index contributed by atoms with van der Waals surface area (Å²) in [7, 11) is 1.78. The molecule has 19 heavy (non-hydrogen) atoms. The van der Waals surface area contributed by atoms with Crippen LogP contribution in [0, 0.1) is 10.1 Å². The lowest BCUT2D eigenvalue weighted by atomic mass is 10.2. The van der Waals surface area contributed by atoms with Gasteiger partial charge in [0.25, 0.3) is 5.69 Å². The lowest BCUT2D eigenvalue weighted by Crippen LogP contribution is -2.37. The van der Waals surface area contributed by atoms with Crippen molar-refractivity contribution in [3.05, 3.63) is 28.3 Å². The van der Waals surface area contributed by atoms with Crippen LogP contribution in [0.3, 0.4) is 0 Å². The van der Waals surface area contributed by atoms with Gasteiger partial charge in [-0.3, -0.25) is 10.1 Å². The number of non-ortho nitro benzene ring substituents is 1. The molecule has 0 bridgehead atoms. The summed E-state index contributed by atoms with van der Waals surface area (Å²) in [5, 5.41) is 14.6. The van der Waals surface area contributed by atoms with E-state index in [-0.39, 0.29) is 10.6 Å². The molecule has 1 unspecified atom stereocenters. The van der Waals surface area contributed by atoms with Crippen molar-refractivity contribution in [3.8, 4) is 0 Å². The van der Waals surface area contributed by atoms with Crippen LogP contribution in [0.2, 0.25) is 0 Å². The van der Waals surface area contributed by atoms with Crippen molar-refractivity contribution in [1.29, 1.82) is 0 Å². The maximum atomic E-state index is 11.0. The van der Waals surface area contributed by atoms with E-state index in [4.69, 9.17) is 0 Å². The summed E-state index contributed by atoms with van der Waals surface area (Å²) in [5.41, 5.74) is 1.88. The van der Waals surface area contributed by atoms with E-state index >= 15 is 0 Å². The Morgan fingerprint density at radius 2 is 2.32 bits per heavy atom. The van der Waals surface area contributed by atoms with Gasteiger partial charge in [-0.25, -0.2) is 0 Å². The zero-order chi connectivity index (χ0) is 13.8. The van der Waals surface area contributed by atoms with Gasteiger partial charge in [-0.05, 0) is 12.5 Å². The molecule has 0 saturated carbocycles. The van der Waals surface area contributed by atoms with E-state index < -0.39 is 0 Å². The molecule has 0 aliphatic carbocycles. The van der Waals surface area contributed by atoms with Gasteiger partial charge in [0.05, 0.1) is 4.92 Å². The molecule has 5 nitrogen and oxygen atoms in total. The van der Waals surface area contributed by atoms with Gasteiger partial charge in [0.2, 0.25) is 0 Å². The zero-order valence-electron chi connectivity index (χ0n) is 11.3. The van der Waals surface area contributed by atoms with Crippen molar-refractivity contribution in [2.24, 2.45) is 0 Å². The highest BCUT2D eigenvalue weighted by Crippen LogP contribution is 2.30. The molecular weight excluding hydrogens is 262 g/mol. The number of anilines is 2. The Balaban J connectivity index is 2.27. The number of nitrogens with zero attached hydrogens (tertiary/aromatic N) is 2. The number of hydrogen-bond acceptors (Lipinski definition) is 5. The molecule has 1 aromatic carbocycles. The van der Waals surface area contributed by atoms with Gasteiger partial charge in [-0.15, -0.1) is 0 Å². The topological polar surface area (TPSA) is 58.4 Å². The zero-order valence-corrected chi connectivity index (χ0v) is 12.1. The number of nitro benzene ring substituents is 1. The first-order valence-electron chi connectivity index (χ1n) is 6.47. The normalized spacial score (nSPS) is 19.3. The second-order valence-electron chi connectivity index (χ2n) is 4.59. The molecule has 1 heterocycles. The molecule has 1 aliphatic rings. The van der Waals surface area contributed by atoms with Crippen LogP contribution in [-0.4, -0.2) is 36.1 Å². The van der Waals surface area contributed by atoms with Crippen LogP contribution in [0.4, 0.5) is 17.1 Å². The Morgan fingerprint density at radius 1 is 1.53 bits per heavy atom. The van der Waals surface area contributed by atoms with E-state index in [1.807, 2.05) is 17.8 Å². The first-order valence-corrected chi connectivity index (χ1v) is 7.52. The largest absolute Gasteiger partial charge is 0.388 e. The predicted octanol–water partition coefficient (Wildman–Crippen LogP) is 2.97. The third-order valence-electron chi connectivity index (χ3n) is 3.36. The van der Waals surface area contributed by atoms with E-state index in [1.54, 1.807) is 19.2 Å². The van der Waals surface area contributed by atoms with Crippen molar-refractivity contribution in [2.45, 2.75) is 18.6 Å². The first-order chi connectivity index (χ1) is 9.13. The van der Waals surface area contributed by atoms with Crippen LogP contribution in [0.5, 0.6) is 0 Å². The van der Waals surface area contributed by atoms with E-state index in [0.717, 1.165) is 36.6 Å². The van der Waals surface area contributed by atoms with Gasteiger partial charge in [-0.1, -0.05) is 6.92 Å². The fourth-order valence-electron chi connectivity index (χ4n) is 2.23. The molecule has 0 radical (unpaired) electrons. The molecular formula is C13H19N3O2S. The van der Waals surface area contributed by atoms with Gasteiger partial charge >= 0.3 is 0 Å². The summed E-state index contributed by atoms with van der Waals surface area (Å²) in [6, 6.07) is 5.22. The molecule has 1 aromatic rings. The average Bonchev–Trinajstić information content (AvgIpc) is 2.46. The van der Waals surface area contributed by atoms with Crippen LogP contribution in [-0.2, 0) is 0 Å². The minimum atomic E-state index is -0.333. The molecule has 2 rings (SSSR count). The second-order valence-corrected chi connectivity index (χ2v) is 6.00. The van der Waals surface area contributed by atoms with Crippen LogP contribution < -0.4 is 10.2 Å². The number of benzene rings is 1. The van der Waals surface area contributed by atoms with E-state index in [0.29, 0.717) is 5.25 Å². The first kappa shape index (κ1) is 14.0. The van der Waals surface area contributed by atoms with E-state index in [2.05, 4.69) is 17.1 Å². The molecule has 1 atom stereocenters. The third-order valence-corrected chi connectivity index (χ3v) is 4.73. The minimum Gasteiger partial charge on any atom is -0.388 e. The maximum absolute atomic E-state index is 11.0. The second kappa shape index (κ2) is 6.14. The Kier molecular flexibility index (Phi) is 4.52. The van der Waals surface area contributed by atoms with Crippen molar-refractivity contribution < 1.29 is 4.92 Å². The molecule has 1 saturated heterocycles. The molecule has 104 valence electrons. The smallest absolute Gasteiger partial charge is 0.273 e. The summed E-state index contributed by atoms with van der Waals surface area (Å²) in [6.07, 6.45) is 1.13. The Labute approximate surface area is 117 Å². The van der Waals surface area contributed by atoms with Gasteiger partial charge in [0.15, 0.2) is 0 Å². The molecule has 1 aliphatic heterocycles. The number of thioether (sulfide) groups is 1. The lowest BCUT2D eigenvalue weighted by molar-refractivity contribution is -0.384. The molecule has 1 fully saturated rings. The number of rotatable bonds is 4. The Hall–Kier alpha value is -1.43. The summed E-state index contributed by atoms with van der Waals surface area (Å²) in [4.78, 5) is 12.9. The number of nitrogens with one attached hydrogen (secondary N) is 1. The highest BCUT2D eigenvalue weighted by atomic mass is 32.2. The summed E-state index contributed by atoms with van der Waals surface area (Å²) >= 11 is 1.99. The van der Waals surface area contributed by atoms with E-state index in [9.17, 15) is 10.1 Å². The highest BCUT2D eigenvalue weighted by Gasteiger charge is 2.21. The SMILES string of the molecule is CCC1CN(c2cc(NC)cc([N+](=O)[O-])c2)CCS1. The van der Waals surface area contributed by atoms with Crippen LogP contribution in [0.1, 0.15) is 13.3 Å². The van der Waals surface area contributed by atoms with E-state index in [1.165, 1.54) is 0 Å². The average molecular weight is 281 g/mol. The van der Waals surface area contributed by atoms with Gasteiger partial charge in [0.1, 0.15) is 0 Å².